The molecule has 0 radical (unpaired) electrons. The first-order valence-corrected chi connectivity index (χ1v) is 12.9. The van der Waals surface area contributed by atoms with Crippen LogP contribution in [0.4, 0.5) is 0 Å². The van der Waals surface area contributed by atoms with Gasteiger partial charge in [-0.2, -0.15) is 0 Å². The van der Waals surface area contributed by atoms with E-state index in [1.165, 1.54) is 64.2 Å². The second-order valence-electron chi connectivity index (χ2n) is 9.31. The van der Waals surface area contributed by atoms with E-state index in [0.717, 1.165) is 12.8 Å². The van der Waals surface area contributed by atoms with Gasteiger partial charge < -0.3 is 19.4 Å². The summed E-state index contributed by atoms with van der Waals surface area (Å²) in [6.07, 6.45) is 20.0. The van der Waals surface area contributed by atoms with Crippen LogP contribution in [-0.4, -0.2) is 52.4 Å². The Bertz CT molecular complexity index is 456. The molecule has 28 heavy (non-hydrogen) atoms. The third-order valence-corrected chi connectivity index (χ3v) is 6.56. The maximum atomic E-state index is 11.7. The largest absolute Gasteiger partial charge is 0.373 e. The van der Waals surface area contributed by atoms with Crippen LogP contribution in [0, 0.1) is 0 Å². The zero-order valence-electron chi connectivity index (χ0n) is 18.9. The van der Waals surface area contributed by atoms with Gasteiger partial charge in [-0.15, -0.1) is 0 Å². The highest BCUT2D eigenvalue weighted by molar-refractivity contribution is 7.53. The summed E-state index contributed by atoms with van der Waals surface area (Å²) in [5, 5.41) is 8.60. The third-order valence-electron chi connectivity index (χ3n) is 5.11. The first-order valence-electron chi connectivity index (χ1n) is 11.3. The number of aliphatic hydroxyl groups is 1. The molecule has 0 aromatic carbocycles. The Morgan fingerprint density at radius 3 is 1.64 bits per heavy atom. The van der Waals surface area contributed by atoms with Crippen molar-refractivity contribution in [2.24, 2.45) is 0 Å². The lowest BCUT2D eigenvalue weighted by Crippen LogP contribution is -2.49. The van der Waals surface area contributed by atoms with E-state index in [1.807, 2.05) is 21.1 Å². The Balaban J connectivity index is 3.72. The van der Waals surface area contributed by atoms with Crippen molar-refractivity contribution in [2.75, 3.05) is 27.7 Å². The molecule has 0 aliphatic heterocycles. The zero-order chi connectivity index (χ0) is 21.5. The molecule has 0 aromatic heterocycles. The summed E-state index contributed by atoms with van der Waals surface area (Å²) in [7, 11) is 0.973. The monoisotopic (exact) mass is 420 g/mol. The van der Waals surface area contributed by atoms with E-state index in [1.54, 1.807) is 0 Å². The highest BCUT2D eigenvalue weighted by Gasteiger charge is 2.48. The number of allylic oxidation sites excluding steroid dienone is 2. The molecule has 1 unspecified atom stereocenters. The Morgan fingerprint density at radius 1 is 0.786 bits per heavy atom. The van der Waals surface area contributed by atoms with Crippen molar-refractivity contribution in [3.63, 3.8) is 0 Å². The number of hydrogen-bond donors (Lipinski definition) is 3. The highest BCUT2D eigenvalue weighted by Crippen LogP contribution is 2.52. The van der Waals surface area contributed by atoms with Crippen LogP contribution in [0.1, 0.15) is 96.8 Å². The van der Waals surface area contributed by atoms with Crippen molar-refractivity contribution < 1.29 is 23.9 Å². The number of nitrogens with zero attached hydrogens (tertiary/aromatic N) is 1. The second-order valence-corrected chi connectivity index (χ2v) is 11.2. The molecular formula is C22H47NO4P+. The fourth-order valence-corrected chi connectivity index (χ4v) is 4.60. The van der Waals surface area contributed by atoms with Crippen LogP contribution in [0.5, 0.6) is 0 Å². The van der Waals surface area contributed by atoms with Crippen LogP contribution < -0.4 is 0 Å². The summed E-state index contributed by atoms with van der Waals surface area (Å²) in [5.74, 6) is 0. The van der Waals surface area contributed by atoms with Gasteiger partial charge >= 0.3 is 7.60 Å². The van der Waals surface area contributed by atoms with Crippen molar-refractivity contribution in [3.05, 3.63) is 12.2 Å². The third kappa shape index (κ3) is 14.8. The summed E-state index contributed by atoms with van der Waals surface area (Å²) in [6, 6.07) is 0. The van der Waals surface area contributed by atoms with Gasteiger partial charge in [0.25, 0.3) is 0 Å². The van der Waals surface area contributed by atoms with Gasteiger partial charge in [0.05, 0.1) is 21.1 Å². The quantitative estimate of drug-likeness (QED) is 0.117. The molecule has 168 valence electrons. The number of unbranched alkanes of at least 4 members (excludes halogenated alkanes) is 11. The van der Waals surface area contributed by atoms with E-state index >= 15 is 0 Å². The smallest absolute Gasteiger partial charge is 0.362 e. The summed E-state index contributed by atoms with van der Waals surface area (Å²) in [4.78, 5) is 19.1. The Kier molecular flexibility index (Phi) is 14.6. The van der Waals surface area contributed by atoms with Crippen LogP contribution in [0.3, 0.4) is 0 Å². The summed E-state index contributed by atoms with van der Waals surface area (Å²) in [6.45, 7) is 2.29. The lowest BCUT2D eigenvalue weighted by molar-refractivity contribution is -0.875. The minimum Gasteiger partial charge on any atom is -0.373 e. The van der Waals surface area contributed by atoms with Gasteiger partial charge in [0.2, 0.25) is 5.34 Å². The van der Waals surface area contributed by atoms with Gasteiger partial charge in [0.1, 0.15) is 6.54 Å². The fraction of sp³-hybridized carbons (Fsp3) is 0.909. The summed E-state index contributed by atoms with van der Waals surface area (Å²) >= 11 is 0. The lowest BCUT2D eigenvalue weighted by Gasteiger charge is -2.35. The van der Waals surface area contributed by atoms with Crippen molar-refractivity contribution in [1.29, 1.82) is 0 Å². The average molecular weight is 421 g/mol. The molecule has 0 rings (SSSR count). The average Bonchev–Trinajstić information content (AvgIpc) is 2.56. The topological polar surface area (TPSA) is 77.8 Å². The first-order chi connectivity index (χ1) is 13.0. The lowest BCUT2D eigenvalue weighted by atomic mass is 10.0. The molecular weight excluding hydrogens is 373 g/mol. The van der Waals surface area contributed by atoms with E-state index in [4.69, 9.17) is 0 Å². The molecule has 6 heteroatoms. The number of quaternary nitrogens is 1. The molecule has 0 amide bonds. The Hall–Kier alpha value is -0.190. The second kappa shape index (κ2) is 14.7. The molecule has 0 spiro atoms. The molecule has 0 fully saturated rings. The molecule has 1 atom stereocenters. The van der Waals surface area contributed by atoms with E-state index in [-0.39, 0.29) is 13.0 Å². The van der Waals surface area contributed by atoms with Crippen molar-refractivity contribution in [3.8, 4) is 0 Å². The molecule has 5 nitrogen and oxygen atoms in total. The maximum absolute atomic E-state index is 11.7. The molecule has 0 heterocycles. The fourth-order valence-electron chi connectivity index (χ4n) is 3.54. The van der Waals surface area contributed by atoms with Crippen LogP contribution in [0.15, 0.2) is 12.2 Å². The van der Waals surface area contributed by atoms with Gasteiger partial charge in [0, 0.05) is 0 Å². The van der Waals surface area contributed by atoms with Crippen molar-refractivity contribution in [2.45, 2.75) is 102 Å². The molecule has 0 aliphatic carbocycles. The highest BCUT2D eigenvalue weighted by atomic mass is 31.2. The van der Waals surface area contributed by atoms with E-state index in [9.17, 15) is 19.5 Å². The van der Waals surface area contributed by atoms with Gasteiger partial charge in [-0.1, -0.05) is 76.9 Å². The molecule has 0 aromatic rings. The molecule has 0 bridgehead atoms. The number of rotatable bonds is 18. The minimum absolute atomic E-state index is 0.0606. The summed E-state index contributed by atoms with van der Waals surface area (Å²) < 4.78 is 12.1. The van der Waals surface area contributed by atoms with Crippen molar-refractivity contribution in [1.82, 2.24) is 0 Å². The van der Waals surface area contributed by atoms with Crippen LogP contribution in [-0.2, 0) is 4.57 Å². The number of likely N-dealkylation sites (N-methyl/N-ethyl adjacent to an activating group) is 1. The Morgan fingerprint density at radius 2 is 1.21 bits per heavy atom. The zero-order valence-corrected chi connectivity index (χ0v) is 19.8. The standard InChI is InChI=1S/C22H46NO4P/c1-5-6-7-8-9-10-11-12-13-14-15-16-17-18-19-20-22(24,28(25,26)27)21-23(2,3)4/h8-9,24H,5-7,10-21H2,1-4H3,(H-,25,26,27)/p+1/b9-8-. The van der Waals surface area contributed by atoms with Crippen molar-refractivity contribution >= 4 is 7.60 Å². The minimum atomic E-state index is -4.54. The van der Waals surface area contributed by atoms with Crippen LogP contribution >= 0.6 is 7.60 Å². The first kappa shape index (κ1) is 27.8. The molecule has 3 N–H and O–H groups in total. The van der Waals surface area contributed by atoms with Crippen LogP contribution in [0.25, 0.3) is 0 Å². The maximum Gasteiger partial charge on any atom is 0.362 e. The van der Waals surface area contributed by atoms with Gasteiger partial charge in [-0.3, -0.25) is 4.57 Å². The Labute approximate surface area is 174 Å². The van der Waals surface area contributed by atoms with E-state index < -0.39 is 12.9 Å². The van der Waals surface area contributed by atoms with Gasteiger partial charge in [-0.05, 0) is 32.1 Å². The van der Waals surface area contributed by atoms with Gasteiger partial charge in [-0.25, -0.2) is 0 Å². The SMILES string of the molecule is CCCC/C=C\CCCCCCCCCCCC(O)(C[N+](C)(C)C)P(=O)(O)O. The molecule has 0 saturated heterocycles. The number of hydrogen-bond acceptors (Lipinski definition) is 2. The molecule has 0 aliphatic rings. The summed E-state index contributed by atoms with van der Waals surface area (Å²) in [5.41, 5.74) is 0. The predicted octanol–water partition coefficient (Wildman–Crippen LogP) is 5.60. The van der Waals surface area contributed by atoms with Crippen LogP contribution in [0.2, 0.25) is 0 Å². The van der Waals surface area contributed by atoms with E-state index in [0.29, 0.717) is 10.9 Å². The molecule has 0 saturated carbocycles. The normalized spacial score (nSPS) is 15.2. The van der Waals surface area contributed by atoms with E-state index in [2.05, 4.69) is 19.1 Å². The van der Waals surface area contributed by atoms with Gasteiger partial charge in [0.15, 0.2) is 0 Å². The predicted molar refractivity (Wildman–Crippen MR) is 119 cm³/mol.